The van der Waals surface area contributed by atoms with E-state index >= 15 is 0 Å². The molecule has 0 heterocycles. The molecule has 2 rings (SSSR count). The van der Waals surface area contributed by atoms with Gasteiger partial charge in [-0.1, -0.05) is 38.1 Å². The number of benzene rings is 1. The van der Waals surface area contributed by atoms with E-state index in [0.29, 0.717) is 19.4 Å². The molecule has 2 unspecified atom stereocenters. The van der Waals surface area contributed by atoms with Crippen LogP contribution < -0.4 is 5.32 Å². The highest BCUT2D eigenvalue weighted by atomic mass is 16.5. The quantitative estimate of drug-likeness (QED) is 0.804. The third-order valence-electron chi connectivity index (χ3n) is 5.36. The first kappa shape index (κ1) is 18.5. The average molecular weight is 333 g/mol. The Hall–Kier alpha value is -1.88. The molecule has 1 aromatic carbocycles. The number of carboxylic acids is 1. The van der Waals surface area contributed by atoms with Crippen LogP contribution in [-0.2, 0) is 20.7 Å². The molecule has 1 aliphatic rings. The van der Waals surface area contributed by atoms with Gasteiger partial charge < -0.3 is 15.2 Å². The van der Waals surface area contributed by atoms with Gasteiger partial charge in [-0.15, -0.1) is 0 Å². The van der Waals surface area contributed by atoms with Gasteiger partial charge in [0, 0.05) is 24.9 Å². The number of carbonyl (C=O) groups excluding carboxylic acids is 1. The first-order valence-corrected chi connectivity index (χ1v) is 8.45. The third kappa shape index (κ3) is 3.18. The van der Waals surface area contributed by atoms with Crippen molar-refractivity contribution >= 4 is 11.9 Å². The maximum absolute atomic E-state index is 12.4. The zero-order chi connectivity index (χ0) is 18.0. The second-order valence-electron chi connectivity index (χ2n) is 7.05. The van der Waals surface area contributed by atoms with E-state index in [1.807, 2.05) is 52.0 Å². The molecule has 1 amide bonds. The minimum absolute atomic E-state index is 0.157. The minimum atomic E-state index is -1.25. The molecule has 1 aromatic rings. The van der Waals surface area contributed by atoms with Gasteiger partial charge >= 0.3 is 5.97 Å². The lowest BCUT2D eigenvalue weighted by Crippen LogP contribution is -2.76. The molecule has 1 fully saturated rings. The predicted octanol–water partition coefficient (Wildman–Crippen LogP) is 2.70. The largest absolute Gasteiger partial charge is 0.479 e. The Morgan fingerprint density at radius 3 is 2.54 bits per heavy atom. The van der Waals surface area contributed by atoms with Gasteiger partial charge in [-0.2, -0.15) is 0 Å². The number of carboxylic acid groups (broad SMARTS) is 1. The Labute approximate surface area is 143 Å². The van der Waals surface area contributed by atoms with Gasteiger partial charge in [0.05, 0.1) is 6.10 Å². The van der Waals surface area contributed by atoms with E-state index in [9.17, 15) is 14.7 Å². The highest BCUT2D eigenvalue weighted by Crippen LogP contribution is 2.51. The first-order valence-electron chi connectivity index (χ1n) is 8.45. The number of aliphatic carboxylic acids is 1. The molecule has 2 atom stereocenters. The smallest absolute Gasteiger partial charge is 0.330 e. The zero-order valence-electron chi connectivity index (χ0n) is 14.9. The van der Waals surface area contributed by atoms with Crippen molar-refractivity contribution in [3.8, 4) is 0 Å². The summed E-state index contributed by atoms with van der Waals surface area (Å²) < 4.78 is 5.61. The van der Waals surface area contributed by atoms with Crippen LogP contribution in [0.3, 0.4) is 0 Å². The number of amides is 1. The second kappa shape index (κ2) is 6.93. The Morgan fingerprint density at radius 2 is 2.00 bits per heavy atom. The van der Waals surface area contributed by atoms with E-state index < -0.39 is 16.9 Å². The fraction of sp³-hybridized carbons (Fsp3) is 0.579. The van der Waals surface area contributed by atoms with Crippen LogP contribution in [-0.4, -0.2) is 35.2 Å². The summed E-state index contributed by atoms with van der Waals surface area (Å²) in [6.07, 6.45) is 1.02. The van der Waals surface area contributed by atoms with Gasteiger partial charge in [0.1, 0.15) is 5.54 Å². The summed E-state index contributed by atoms with van der Waals surface area (Å²) in [6, 6.07) is 7.91. The standard InChI is InChI=1S/C19H27NO4/c1-5-24-15-12-19(17(22)23,18(15,3)4)20-16(21)11-10-14-9-7-6-8-13(14)2/h6-9,15H,5,10-12H2,1-4H3,(H,20,21)(H,22,23). The number of aryl methyl sites for hydroxylation is 2. The summed E-state index contributed by atoms with van der Waals surface area (Å²) in [5.41, 5.74) is 0.346. The van der Waals surface area contributed by atoms with Crippen LogP contribution in [0.1, 0.15) is 44.7 Å². The van der Waals surface area contributed by atoms with Crippen molar-refractivity contribution in [3.63, 3.8) is 0 Å². The van der Waals surface area contributed by atoms with Gasteiger partial charge in [-0.3, -0.25) is 4.79 Å². The third-order valence-corrected chi connectivity index (χ3v) is 5.36. The number of hydrogen-bond acceptors (Lipinski definition) is 3. The van der Waals surface area contributed by atoms with Crippen molar-refractivity contribution in [3.05, 3.63) is 35.4 Å². The molecule has 24 heavy (non-hydrogen) atoms. The van der Waals surface area contributed by atoms with Gasteiger partial charge in [-0.05, 0) is 31.4 Å². The summed E-state index contributed by atoms with van der Waals surface area (Å²) in [5, 5.41) is 12.5. The number of rotatable bonds is 7. The molecule has 0 radical (unpaired) electrons. The Morgan fingerprint density at radius 1 is 1.33 bits per heavy atom. The summed E-state index contributed by atoms with van der Waals surface area (Å²) in [4.78, 5) is 24.2. The number of carbonyl (C=O) groups is 2. The normalized spacial score (nSPS) is 24.9. The predicted molar refractivity (Wildman–Crippen MR) is 91.8 cm³/mol. The van der Waals surface area contributed by atoms with Crippen molar-refractivity contribution in [2.45, 2.75) is 58.6 Å². The molecule has 1 aliphatic carbocycles. The highest BCUT2D eigenvalue weighted by Gasteiger charge is 2.66. The average Bonchev–Trinajstić information content (AvgIpc) is 2.52. The molecule has 5 nitrogen and oxygen atoms in total. The fourth-order valence-corrected chi connectivity index (χ4v) is 3.48. The molecular formula is C19H27NO4. The fourth-order valence-electron chi connectivity index (χ4n) is 3.48. The lowest BCUT2D eigenvalue weighted by atomic mass is 9.54. The lowest BCUT2D eigenvalue weighted by Gasteiger charge is -2.58. The van der Waals surface area contributed by atoms with Gasteiger partial charge in [0.25, 0.3) is 0 Å². The molecular weight excluding hydrogens is 306 g/mol. The van der Waals surface area contributed by atoms with Crippen LogP contribution >= 0.6 is 0 Å². The molecule has 0 aliphatic heterocycles. The Balaban J connectivity index is 2.03. The summed E-state index contributed by atoms with van der Waals surface area (Å²) >= 11 is 0. The van der Waals surface area contributed by atoms with Crippen LogP contribution in [0.5, 0.6) is 0 Å². The van der Waals surface area contributed by atoms with E-state index in [2.05, 4.69) is 5.32 Å². The second-order valence-corrected chi connectivity index (χ2v) is 7.05. The SMILES string of the molecule is CCOC1CC(NC(=O)CCc2ccccc2C)(C(=O)O)C1(C)C. The Kier molecular flexibility index (Phi) is 5.33. The molecule has 0 bridgehead atoms. The lowest BCUT2D eigenvalue weighted by molar-refractivity contribution is -0.194. The molecule has 2 N–H and O–H groups in total. The van der Waals surface area contributed by atoms with Gasteiger partial charge in [0.2, 0.25) is 5.91 Å². The maximum atomic E-state index is 12.4. The highest BCUT2D eigenvalue weighted by molar-refractivity contribution is 5.89. The maximum Gasteiger partial charge on any atom is 0.330 e. The summed E-state index contributed by atoms with van der Waals surface area (Å²) in [6.45, 7) is 8.11. The number of nitrogens with one attached hydrogen (secondary N) is 1. The minimum Gasteiger partial charge on any atom is -0.479 e. The molecule has 0 aromatic heterocycles. The van der Waals surface area contributed by atoms with Crippen molar-refractivity contribution in [2.75, 3.05) is 6.61 Å². The van der Waals surface area contributed by atoms with Crippen LogP contribution in [0.25, 0.3) is 0 Å². The van der Waals surface area contributed by atoms with Crippen LogP contribution in [0.2, 0.25) is 0 Å². The molecule has 0 spiro atoms. The van der Waals surface area contributed by atoms with E-state index in [0.717, 1.165) is 11.1 Å². The van der Waals surface area contributed by atoms with Gasteiger partial charge in [0.15, 0.2) is 0 Å². The molecule has 0 saturated heterocycles. The van der Waals surface area contributed by atoms with Crippen molar-refractivity contribution in [1.29, 1.82) is 0 Å². The van der Waals surface area contributed by atoms with E-state index in [1.54, 1.807) is 0 Å². The molecule has 5 heteroatoms. The number of ether oxygens (including phenoxy) is 1. The zero-order valence-corrected chi connectivity index (χ0v) is 14.9. The summed E-state index contributed by atoms with van der Waals surface area (Å²) in [7, 11) is 0. The van der Waals surface area contributed by atoms with Crippen LogP contribution in [0.4, 0.5) is 0 Å². The molecule has 1 saturated carbocycles. The van der Waals surface area contributed by atoms with Crippen LogP contribution in [0.15, 0.2) is 24.3 Å². The van der Waals surface area contributed by atoms with Crippen molar-refractivity contribution in [1.82, 2.24) is 5.32 Å². The summed E-state index contributed by atoms with van der Waals surface area (Å²) in [5.74, 6) is -1.23. The topological polar surface area (TPSA) is 75.6 Å². The van der Waals surface area contributed by atoms with E-state index in [1.165, 1.54) is 0 Å². The molecule has 132 valence electrons. The monoisotopic (exact) mass is 333 g/mol. The first-order chi connectivity index (χ1) is 11.2. The van der Waals surface area contributed by atoms with Crippen LogP contribution in [0, 0.1) is 12.3 Å². The Bertz CT molecular complexity index is 626. The van der Waals surface area contributed by atoms with Crippen molar-refractivity contribution in [2.24, 2.45) is 5.41 Å². The van der Waals surface area contributed by atoms with Gasteiger partial charge in [-0.25, -0.2) is 4.79 Å². The number of hydrogen-bond donors (Lipinski definition) is 2. The van der Waals surface area contributed by atoms with E-state index in [-0.39, 0.29) is 18.4 Å². The van der Waals surface area contributed by atoms with Crippen molar-refractivity contribution < 1.29 is 19.4 Å². The van der Waals surface area contributed by atoms with E-state index in [4.69, 9.17) is 4.74 Å².